The molecule has 30 heavy (non-hydrogen) atoms. The fourth-order valence-electron chi connectivity index (χ4n) is 3.28. The molecule has 4 aromatic rings. The highest BCUT2D eigenvalue weighted by Gasteiger charge is 2.14. The van der Waals surface area contributed by atoms with Crippen LogP contribution in [0, 0.1) is 18.3 Å². The van der Waals surface area contributed by atoms with Gasteiger partial charge in [0.15, 0.2) is 0 Å². The molecule has 4 rings (SSSR count). The number of aromatic nitrogens is 3. The fraction of sp³-hybridized carbons (Fsp3) is 0.0833. The highest BCUT2D eigenvalue weighted by molar-refractivity contribution is 5.84. The number of nitrogens with zero attached hydrogens (tertiary/aromatic N) is 5. The van der Waals surface area contributed by atoms with Crippen molar-refractivity contribution in [1.82, 2.24) is 15.0 Å². The van der Waals surface area contributed by atoms with Crippen LogP contribution in [0.15, 0.2) is 79.1 Å². The quantitative estimate of drug-likeness (QED) is 0.405. The topological polar surface area (TPSA) is 91.7 Å². The Hall–Kier alpha value is -4.08. The molecule has 0 radical (unpaired) electrons. The minimum absolute atomic E-state index is 0.553. The summed E-state index contributed by atoms with van der Waals surface area (Å²) in [6.45, 7) is 1.93. The fourth-order valence-corrected chi connectivity index (χ4v) is 3.28. The first-order valence-electron chi connectivity index (χ1n) is 9.53. The van der Waals surface area contributed by atoms with Crippen molar-refractivity contribution in [3.8, 4) is 6.07 Å². The number of hydrogen-bond donors (Lipinski definition) is 1. The number of allylic oxidation sites excluding steroid dienone is 1. The van der Waals surface area contributed by atoms with E-state index in [9.17, 15) is 5.26 Å². The zero-order valence-corrected chi connectivity index (χ0v) is 16.5. The Kier molecular flexibility index (Phi) is 5.46. The second-order valence-electron chi connectivity index (χ2n) is 6.83. The first-order valence-corrected chi connectivity index (χ1v) is 9.53. The number of nitrogens with two attached hydrogens (primary N) is 1. The lowest BCUT2D eigenvalue weighted by atomic mass is 10.0. The lowest BCUT2D eigenvalue weighted by molar-refractivity contribution is 1.02. The lowest BCUT2D eigenvalue weighted by Crippen LogP contribution is -2.30. The minimum atomic E-state index is 0.553. The molecule has 0 aliphatic rings. The standard InChI is InChI=1S/C24H20N6/c1-17-5-4-8-24(29-17)30(26)23(12-10-18-6-2-3-7-20(18)16-25)19-9-11-21-22(15-19)28-14-13-27-21/h2-9,11-15H,10,26H2,1H3/b23-12-. The van der Waals surface area contributed by atoms with E-state index in [1.54, 1.807) is 17.4 Å². The number of benzene rings is 2. The summed E-state index contributed by atoms with van der Waals surface area (Å²) >= 11 is 0. The van der Waals surface area contributed by atoms with Gasteiger partial charge in [0.05, 0.1) is 28.4 Å². The van der Waals surface area contributed by atoms with Crippen LogP contribution in [0.1, 0.15) is 22.4 Å². The highest BCUT2D eigenvalue weighted by Crippen LogP contribution is 2.25. The van der Waals surface area contributed by atoms with E-state index in [4.69, 9.17) is 5.84 Å². The van der Waals surface area contributed by atoms with Crippen molar-refractivity contribution in [1.29, 1.82) is 5.26 Å². The van der Waals surface area contributed by atoms with Gasteiger partial charge in [-0.2, -0.15) is 5.26 Å². The first kappa shape index (κ1) is 19.2. The zero-order valence-electron chi connectivity index (χ0n) is 16.5. The molecule has 0 fully saturated rings. The maximum absolute atomic E-state index is 9.41. The Morgan fingerprint density at radius 1 is 1.03 bits per heavy atom. The molecule has 0 saturated carbocycles. The normalized spacial score (nSPS) is 11.3. The molecule has 6 heteroatoms. The Labute approximate surface area is 174 Å². The van der Waals surface area contributed by atoms with E-state index in [1.165, 1.54) is 0 Å². The molecular weight excluding hydrogens is 372 g/mol. The lowest BCUT2D eigenvalue weighted by Gasteiger charge is -2.22. The molecule has 0 aliphatic heterocycles. The van der Waals surface area contributed by atoms with Gasteiger partial charge in [-0.1, -0.05) is 36.4 Å². The van der Waals surface area contributed by atoms with Crippen LogP contribution in [0.3, 0.4) is 0 Å². The number of fused-ring (bicyclic) bond motifs is 1. The van der Waals surface area contributed by atoms with E-state index < -0.39 is 0 Å². The van der Waals surface area contributed by atoms with E-state index in [0.717, 1.165) is 33.6 Å². The van der Waals surface area contributed by atoms with E-state index in [2.05, 4.69) is 21.0 Å². The van der Waals surface area contributed by atoms with Crippen LogP contribution < -0.4 is 10.9 Å². The van der Waals surface area contributed by atoms with Crippen molar-refractivity contribution in [2.24, 2.45) is 5.84 Å². The van der Waals surface area contributed by atoms with E-state index in [1.807, 2.05) is 73.7 Å². The third-order valence-corrected chi connectivity index (χ3v) is 4.80. The number of hydrazine groups is 1. The molecule has 0 aliphatic carbocycles. The second-order valence-corrected chi connectivity index (χ2v) is 6.83. The molecule has 2 aromatic heterocycles. The number of aryl methyl sites for hydroxylation is 1. The van der Waals surface area contributed by atoms with Crippen LogP contribution in [0.4, 0.5) is 5.82 Å². The Morgan fingerprint density at radius 3 is 2.63 bits per heavy atom. The zero-order chi connectivity index (χ0) is 20.9. The number of nitriles is 1. The van der Waals surface area contributed by atoms with Crippen LogP contribution in [0.5, 0.6) is 0 Å². The van der Waals surface area contributed by atoms with Gasteiger partial charge in [-0.25, -0.2) is 10.8 Å². The van der Waals surface area contributed by atoms with Gasteiger partial charge < -0.3 is 0 Å². The van der Waals surface area contributed by atoms with E-state index in [-0.39, 0.29) is 0 Å². The van der Waals surface area contributed by atoms with Gasteiger partial charge in [-0.05, 0) is 49.2 Å². The van der Waals surface area contributed by atoms with Gasteiger partial charge in [-0.3, -0.25) is 15.0 Å². The number of hydrogen-bond acceptors (Lipinski definition) is 6. The summed E-state index contributed by atoms with van der Waals surface area (Å²) in [5, 5.41) is 11.0. The molecule has 2 N–H and O–H groups in total. The Balaban J connectivity index is 1.80. The molecule has 0 amide bonds. The summed E-state index contributed by atoms with van der Waals surface area (Å²) in [6.07, 6.45) is 5.90. The number of anilines is 1. The van der Waals surface area contributed by atoms with Crippen molar-refractivity contribution >= 4 is 22.5 Å². The van der Waals surface area contributed by atoms with Crippen LogP contribution in [-0.2, 0) is 6.42 Å². The monoisotopic (exact) mass is 392 g/mol. The average molecular weight is 392 g/mol. The number of pyridine rings is 1. The molecule has 0 atom stereocenters. The summed E-state index contributed by atoms with van der Waals surface area (Å²) in [6, 6.07) is 21.4. The third kappa shape index (κ3) is 4.02. The molecule has 2 aromatic carbocycles. The van der Waals surface area contributed by atoms with Gasteiger partial charge in [-0.15, -0.1) is 0 Å². The van der Waals surface area contributed by atoms with Gasteiger partial charge in [0, 0.05) is 23.7 Å². The SMILES string of the molecule is Cc1cccc(N(N)/C(=C\Cc2ccccc2C#N)c2ccc3nccnc3c2)n1. The number of rotatable bonds is 5. The highest BCUT2D eigenvalue weighted by atomic mass is 15.4. The maximum Gasteiger partial charge on any atom is 0.147 e. The largest absolute Gasteiger partial charge is 0.262 e. The Morgan fingerprint density at radius 2 is 1.83 bits per heavy atom. The van der Waals surface area contributed by atoms with Gasteiger partial charge in [0.1, 0.15) is 5.82 Å². The molecule has 2 heterocycles. The van der Waals surface area contributed by atoms with Gasteiger partial charge in [0.2, 0.25) is 0 Å². The van der Waals surface area contributed by atoms with Gasteiger partial charge in [0.25, 0.3) is 0 Å². The van der Waals surface area contributed by atoms with Crippen molar-refractivity contribution in [3.05, 3.63) is 102 Å². The smallest absolute Gasteiger partial charge is 0.147 e. The maximum atomic E-state index is 9.41. The molecule has 0 saturated heterocycles. The predicted octanol–water partition coefficient (Wildman–Crippen LogP) is 4.17. The predicted molar refractivity (Wildman–Crippen MR) is 118 cm³/mol. The molecule has 0 unspecified atom stereocenters. The van der Waals surface area contributed by atoms with Crippen LogP contribution >= 0.6 is 0 Å². The van der Waals surface area contributed by atoms with Crippen LogP contribution in [0.2, 0.25) is 0 Å². The minimum Gasteiger partial charge on any atom is -0.262 e. The third-order valence-electron chi connectivity index (χ3n) is 4.80. The van der Waals surface area contributed by atoms with Crippen LogP contribution in [0.25, 0.3) is 16.7 Å². The summed E-state index contributed by atoms with van der Waals surface area (Å²) < 4.78 is 0. The molecule has 0 spiro atoms. The summed E-state index contributed by atoms with van der Waals surface area (Å²) in [4.78, 5) is 13.3. The van der Waals surface area contributed by atoms with E-state index in [0.29, 0.717) is 17.8 Å². The first-order chi connectivity index (χ1) is 14.7. The molecule has 146 valence electrons. The summed E-state index contributed by atoms with van der Waals surface area (Å²) in [5.41, 5.74) is 5.72. The van der Waals surface area contributed by atoms with E-state index >= 15 is 0 Å². The van der Waals surface area contributed by atoms with Gasteiger partial charge >= 0.3 is 0 Å². The second kappa shape index (κ2) is 8.52. The summed E-state index contributed by atoms with van der Waals surface area (Å²) in [5.74, 6) is 7.15. The Bertz CT molecular complexity index is 1270. The van der Waals surface area contributed by atoms with Crippen LogP contribution in [-0.4, -0.2) is 15.0 Å². The van der Waals surface area contributed by atoms with Crippen molar-refractivity contribution in [2.45, 2.75) is 13.3 Å². The van der Waals surface area contributed by atoms with Crippen molar-refractivity contribution < 1.29 is 0 Å². The molecule has 6 nitrogen and oxygen atoms in total. The average Bonchev–Trinajstić information content (AvgIpc) is 2.79. The molecule has 0 bridgehead atoms. The van der Waals surface area contributed by atoms with Crippen molar-refractivity contribution in [2.75, 3.05) is 5.01 Å². The van der Waals surface area contributed by atoms with Crippen molar-refractivity contribution in [3.63, 3.8) is 0 Å². The summed E-state index contributed by atoms with van der Waals surface area (Å²) in [7, 11) is 0. The molecular formula is C24H20N6.